The summed E-state index contributed by atoms with van der Waals surface area (Å²) in [5.74, 6) is 0.509. The molecule has 0 saturated heterocycles. The maximum atomic E-state index is 5.21. The van der Waals surface area contributed by atoms with E-state index in [1.807, 2.05) is 0 Å². The van der Waals surface area contributed by atoms with Crippen molar-refractivity contribution in [2.24, 2.45) is 0 Å². The van der Waals surface area contributed by atoms with Crippen molar-refractivity contribution in [1.82, 2.24) is 9.97 Å². The van der Waals surface area contributed by atoms with Gasteiger partial charge in [-0.2, -0.15) is 0 Å². The molecular weight excluding hydrogens is 182 g/mol. The van der Waals surface area contributed by atoms with Crippen LogP contribution in [0.5, 0.6) is 0 Å². The number of anilines is 1. The second-order valence-electron chi connectivity index (χ2n) is 2.36. The quantitative estimate of drug-likeness (QED) is 0.697. The molecule has 3 nitrogen and oxygen atoms in total. The molecule has 2 aromatic rings. The van der Waals surface area contributed by atoms with Crippen LogP contribution in [0.3, 0.4) is 0 Å². The third-order valence-corrected chi connectivity index (χ3v) is 2.07. The topological polar surface area (TPSA) is 51.8 Å². The lowest BCUT2D eigenvalue weighted by molar-refractivity contribution is 1.18. The fraction of sp³-hybridized carbons (Fsp3) is 0.111. The molecule has 2 heterocycles. The number of nitrogen functional groups attached to an aromatic ring is 1. The first kappa shape index (κ1) is 9.67. The molecule has 68 valence electrons. The van der Waals surface area contributed by atoms with Crippen LogP contribution in [0, 0.1) is 6.92 Å². The maximum absolute atomic E-state index is 5.21. The van der Waals surface area contributed by atoms with E-state index < -0.39 is 0 Å². The highest BCUT2D eigenvalue weighted by molar-refractivity contribution is 7.09. The van der Waals surface area contributed by atoms with Crippen LogP contribution in [0.15, 0.2) is 36.1 Å². The molecule has 0 bridgehead atoms. The summed E-state index contributed by atoms with van der Waals surface area (Å²) in [6.07, 6.45) is 3.01. The predicted octanol–water partition coefficient (Wildman–Crippen LogP) is 2.12. The second-order valence-corrected chi connectivity index (χ2v) is 3.51. The van der Waals surface area contributed by atoms with Gasteiger partial charge in [0.05, 0.1) is 0 Å². The molecule has 0 atom stereocenters. The van der Waals surface area contributed by atoms with E-state index in [2.05, 4.69) is 34.4 Å². The maximum Gasteiger partial charge on any atom is 0.126 e. The Morgan fingerprint density at radius 3 is 2.46 bits per heavy atom. The van der Waals surface area contributed by atoms with E-state index in [1.165, 1.54) is 11.2 Å². The van der Waals surface area contributed by atoms with E-state index in [0.717, 1.165) is 0 Å². The zero-order chi connectivity index (χ0) is 9.52. The number of rotatable bonds is 0. The third-order valence-electron chi connectivity index (χ3n) is 1.27. The molecule has 0 fully saturated rings. The summed E-state index contributed by atoms with van der Waals surface area (Å²) in [7, 11) is 0. The average Bonchev–Trinajstić information content (AvgIpc) is 2.58. The first-order valence-corrected chi connectivity index (χ1v) is 4.68. The normalized spacial score (nSPS) is 8.69. The molecule has 0 aliphatic heterocycles. The summed E-state index contributed by atoms with van der Waals surface area (Å²) in [5, 5.41) is 2.08. The molecule has 4 heteroatoms. The van der Waals surface area contributed by atoms with E-state index in [1.54, 1.807) is 23.6 Å². The summed E-state index contributed by atoms with van der Waals surface area (Å²) in [4.78, 5) is 8.68. The van der Waals surface area contributed by atoms with Gasteiger partial charge < -0.3 is 5.73 Å². The fourth-order valence-corrected chi connectivity index (χ4v) is 1.19. The van der Waals surface area contributed by atoms with Crippen LogP contribution < -0.4 is 5.73 Å². The Labute approximate surface area is 81.3 Å². The molecule has 0 spiro atoms. The fourth-order valence-electron chi connectivity index (χ4n) is 0.662. The van der Waals surface area contributed by atoms with Gasteiger partial charge >= 0.3 is 0 Å². The van der Waals surface area contributed by atoms with Gasteiger partial charge in [-0.3, -0.25) is 0 Å². The van der Waals surface area contributed by atoms with E-state index in [9.17, 15) is 0 Å². The van der Waals surface area contributed by atoms with Crippen LogP contribution in [0.2, 0.25) is 0 Å². The van der Waals surface area contributed by atoms with Crippen LogP contribution in [0.25, 0.3) is 0 Å². The Morgan fingerprint density at radius 1 is 1.38 bits per heavy atom. The highest BCUT2D eigenvalue weighted by Crippen LogP contribution is 2.03. The lowest BCUT2D eigenvalue weighted by atomic mass is 10.5. The Bertz CT molecular complexity index is 318. The van der Waals surface area contributed by atoms with Gasteiger partial charge in [-0.05, 0) is 24.4 Å². The van der Waals surface area contributed by atoms with Crippen LogP contribution in [-0.2, 0) is 0 Å². The summed E-state index contributed by atoms with van der Waals surface area (Å²) in [6.45, 7) is 2.10. The first-order chi connectivity index (χ1) is 6.29. The van der Waals surface area contributed by atoms with Crippen molar-refractivity contribution in [2.75, 3.05) is 5.73 Å². The number of aromatic nitrogens is 2. The zero-order valence-corrected chi connectivity index (χ0v) is 8.16. The number of nitrogens with two attached hydrogens (primary N) is 1. The molecule has 0 unspecified atom stereocenters. The highest BCUT2D eigenvalue weighted by Gasteiger charge is 1.75. The Balaban J connectivity index is 0.000000132. The number of hydrogen-bond donors (Lipinski definition) is 1. The predicted molar refractivity (Wildman–Crippen MR) is 55.5 cm³/mol. The molecule has 0 aromatic carbocycles. The van der Waals surface area contributed by atoms with Crippen LogP contribution in [0.4, 0.5) is 5.82 Å². The summed E-state index contributed by atoms with van der Waals surface area (Å²) in [5.41, 5.74) is 5.21. The largest absolute Gasteiger partial charge is 0.384 e. The Morgan fingerprint density at radius 2 is 2.23 bits per heavy atom. The number of nitrogens with zero attached hydrogens (tertiary/aromatic N) is 2. The Hall–Kier alpha value is -1.42. The van der Waals surface area contributed by atoms with Gasteiger partial charge in [0.1, 0.15) is 12.1 Å². The standard InChI is InChI=1S/C5H6S.C4H5N3/c1-5-3-2-4-6-5;5-4-1-2-6-3-7-4/h2-4H,1H3;1-3H,(H2,5,6,7). The van der Waals surface area contributed by atoms with Gasteiger partial charge in [-0.15, -0.1) is 11.3 Å². The van der Waals surface area contributed by atoms with Crippen molar-refractivity contribution in [2.45, 2.75) is 6.92 Å². The van der Waals surface area contributed by atoms with Gasteiger partial charge in [-0.1, -0.05) is 6.07 Å². The van der Waals surface area contributed by atoms with Crippen molar-refractivity contribution in [3.63, 3.8) is 0 Å². The Kier molecular flexibility index (Phi) is 3.92. The smallest absolute Gasteiger partial charge is 0.126 e. The lowest BCUT2D eigenvalue weighted by Crippen LogP contribution is -1.87. The van der Waals surface area contributed by atoms with Gasteiger partial charge in [-0.25, -0.2) is 9.97 Å². The average molecular weight is 193 g/mol. The molecule has 2 N–H and O–H groups in total. The number of aryl methyl sites for hydroxylation is 1. The van der Waals surface area contributed by atoms with E-state index in [-0.39, 0.29) is 0 Å². The molecule has 0 aliphatic carbocycles. The third kappa shape index (κ3) is 4.22. The van der Waals surface area contributed by atoms with Crippen molar-refractivity contribution in [3.8, 4) is 0 Å². The van der Waals surface area contributed by atoms with Crippen molar-refractivity contribution < 1.29 is 0 Å². The van der Waals surface area contributed by atoms with E-state index in [0.29, 0.717) is 5.82 Å². The van der Waals surface area contributed by atoms with Gasteiger partial charge in [0.15, 0.2) is 0 Å². The van der Waals surface area contributed by atoms with Crippen LogP contribution in [0.1, 0.15) is 4.88 Å². The molecule has 0 radical (unpaired) electrons. The SMILES string of the molecule is Cc1cccs1.Nc1ccncn1. The summed E-state index contributed by atoms with van der Waals surface area (Å²) < 4.78 is 0. The van der Waals surface area contributed by atoms with Crippen LogP contribution >= 0.6 is 11.3 Å². The monoisotopic (exact) mass is 193 g/mol. The van der Waals surface area contributed by atoms with Gasteiger partial charge in [0.2, 0.25) is 0 Å². The molecule has 0 aliphatic rings. The van der Waals surface area contributed by atoms with Crippen molar-refractivity contribution in [1.29, 1.82) is 0 Å². The molecule has 13 heavy (non-hydrogen) atoms. The van der Waals surface area contributed by atoms with Gasteiger partial charge in [0, 0.05) is 11.1 Å². The van der Waals surface area contributed by atoms with E-state index >= 15 is 0 Å². The minimum absolute atomic E-state index is 0.509. The lowest BCUT2D eigenvalue weighted by Gasteiger charge is -1.82. The number of hydrogen-bond acceptors (Lipinski definition) is 4. The first-order valence-electron chi connectivity index (χ1n) is 3.80. The minimum Gasteiger partial charge on any atom is -0.384 e. The molecule has 2 aromatic heterocycles. The van der Waals surface area contributed by atoms with Crippen LogP contribution in [-0.4, -0.2) is 9.97 Å². The summed E-state index contributed by atoms with van der Waals surface area (Å²) in [6, 6.07) is 5.80. The summed E-state index contributed by atoms with van der Waals surface area (Å²) >= 11 is 1.78. The van der Waals surface area contributed by atoms with Gasteiger partial charge in [0.25, 0.3) is 0 Å². The number of thiophene rings is 1. The minimum atomic E-state index is 0.509. The highest BCUT2D eigenvalue weighted by atomic mass is 32.1. The molecule has 0 amide bonds. The van der Waals surface area contributed by atoms with Crippen molar-refractivity contribution in [3.05, 3.63) is 41.0 Å². The second kappa shape index (κ2) is 5.27. The molecular formula is C9H11N3S. The zero-order valence-electron chi connectivity index (χ0n) is 7.34. The van der Waals surface area contributed by atoms with E-state index in [4.69, 9.17) is 5.73 Å². The molecule has 2 rings (SSSR count). The molecule has 0 saturated carbocycles. The van der Waals surface area contributed by atoms with Crippen molar-refractivity contribution >= 4 is 17.2 Å².